The quantitative estimate of drug-likeness (QED) is 0.351. The van der Waals surface area contributed by atoms with Gasteiger partial charge in [-0.1, -0.05) is 26.7 Å². The summed E-state index contributed by atoms with van der Waals surface area (Å²) in [5, 5.41) is 16.3. The Morgan fingerprint density at radius 3 is 2.52 bits per heavy atom. The SMILES string of the molecule is CCNC(=NCC(CC)CC)NCC(O)c1ccco1.I. The topological polar surface area (TPSA) is 69.8 Å². The van der Waals surface area contributed by atoms with Gasteiger partial charge in [-0.05, 0) is 25.0 Å². The number of nitrogens with one attached hydrogen (secondary N) is 2. The predicted octanol–water partition coefficient (Wildman–Crippen LogP) is 2.92. The molecule has 0 amide bonds. The Morgan fingerprint density at radius 1 is 1.29 bits per heavy atom. The van der Waals surface area contributed by atoms with Crippen LogP contribution in [-0.2, 0) is 0 Å². The van der Waals surface area contributed by atoms with Gasteiger partial charge in [-0.2, -0.15) is 0 Å². The molecule has 0 fully saturated rings. The first-order chi connectivity index (χ1) is 9.71. The largest absolute Gasteiger partial charge is 0.467 e. The summed E-state index contributed by atoms with van der Waals surface area (Å²) in [5.41, 5.74) is 0. The third kappa shape index (κ3) is 7.71. The van der Waals surface area contributed by atoms with Crippen LogP contribution in [0, 0.1) is 5.92 Å². The van der Waals surface area contributed by atoms with Gasteiger partial charge in [-0.3, -0.25) is 4.99 Å². The molecule has 21 heavy (non-hydrogen) atoms. The van der Waals surface area contributed by atoms with Gasteiger partial charge in [0.2, 0.25) is 0 Å². The predicted molar refractivity (Wildman–Crippen MR) is 97.1 cm³/mol. The molecule has 1 rings (SSSR count). The average Bonchev–Trinajstić information content (AvgIpc) is 2.99. The van der Waals surface area contributed by atoms with E-state index in [9.17, 15) is 5.11 Å². The molecule has 0 aliphatic carbocycles. The number of aliphatic hydroxyl groups is 1. The maximum absolute atomic E-state index is 9.96. The molecule has 0 aliphatic rings. The maximum atomic E-state index is 9.96. The van der Waals surface area contributed by atoms with E-state index in [0.29, 0.717) is 18.2 Å². The lowest BCUT2D eigenvalue weighted by molar-refractivity contribution is 0.153. The van der Waals surface area contributed by atoms with Crippen LogP contribution in [0.1, 0.15) is 45.5 Å². The molecular formula is C15H28IN3O2. The van der Waals surface area contributed by atoms with Crippen molar-refractivity contribution in [3.63, 3.8) is 0 Å². The van der Waals surface area contributed by atoms with Gasteiger partial charge >= 0.3 is 0 Å². The smallest absolute Gasteiger partial charge is 0.191 e. The van der Waals surface area contributed by atoms with E-state index in [0.717, 1.165) is 31.9 Å². The second kappa shape index (κ2) is 11.9. The molecule has 1 atom stereocenters. The van der Waals surface area contributed by atoms with Gasteiger partial charge in [0, 0.05) is 13.1 Å². The molecule has 0 aliphatic heterocycles. The molecule has 1 unspecified atom stereocenters. The van der Waals surface area contributed by atoms with E-state index in [1.807, 2.05) is 6.92 Å². The van der Waals surface area contributed by atoms with Crippen LogP contribution in [0.3, 0.4) is 0 Å². The minimum atomic E-state index is -0.665. The monoisotopic (exact) mass is 409 g/mol. The number of aliphatic imine (C=N–C) groups is 1. The standard InChI is InChI=1S/C15H27N3O2.HI/c1-4-12(5-2)10-17-15(16-6-3)18-11-13(19)14-8-7-9-20-14;/h7-9,12-13,19H,4-6,10-11H2,1-3H3,(H2,16,17,18);1H. The van der Waals surface area contributed by atoms with Crippen LogP contribution in [0.4, 0.5) is 0 Å². The second-order valence-electron chi connectivity index (χ2n) is 4.81. The molecule has 122 valence electrons. The lowest BCUT2D eigenvalue weighted by atomic mass is 10.0. The number of hydrogen-bond acceptors (Lipinski definition) is 3. The van der Waals surface area contributed by atoms with Gasteiger partial charge in [0.25, 0.3) is 0 Å². The average molecular weight is 409 g/mol. The summed E-state index contributed by atoms with van der Waals surface area (Å²) in [6, 6.07) is 3.53. The minimum absolute atomic E-state index is 0. The van der Waals surface area contributed by atoms with Crippen molar-refractivity contribution >= 4 is 29.9 Å². The summed E-state index contributed by atoms with van der Waals surface area (Å²) in [7, 11) is 0. The van der Waals surface area contributed by atoms with Crippen LogP contribution < -0.4 is 10.6 Å². The first-order valence-electron chi connectivity index (χ1n) is 7.44. The molecule has 3 N–H and O–H groups in total. The fraction of sp³-hybridized carbons (Fsp3) is 0.667. The molecule has 0 spiro atoms. The molecule has 1 aromatic heterocycles. The van der Waals surface area contributed by atoms with E-state index in [1.54, 1.807) is 18.4 Å². The highest BCUT2D eigenvalue weighted by molar-refractivity contribution is 14.0. The summed E-state index contributed by atoms with van der Waals surface area (Å²) >= 11 is 0. The Labute approximate surface area is 144 Å². The third-order valence-corrected chi connectivity index (χ3v) is 3.34. The highest BCUT2D eigenvalue weighted by Crippen LogP contribution is 2.11. The van der Waals surface area contributed by atoms with E-state index in [2.05, 4.69) is 29.5 Å². The van der Waals surface area contributed by atoms with Crippen LogP contribution >= 0.6 is 24.0 Å². The molecule has 1 heterocycles. The molecule has 0 bridgehead atoms. The zero-order chi connectivity index (χ0) is 14.8. The number of rotatable bonds is 8. The van der Waals surface area contributed by atoms with Gasteiger partial charge in [-0.25, -0.2) is 0 Å². The molecule has 0 aromatic carbocycles. The number of hydrogen-bond donors (Lipinski definition) is 3. The summed E-state index contributed by atoms with van der Waals surface area (Å²) in [6.07, 6.45) is 3.16. The summed E-state index contributed by atoms with van der Waals surface area (Å²) in [4.78, 5) is 4.56. The van der Waals surface area contributed by atoms with Crippen molar-refractivity contribution < 1.29 is 9.52 Å². The van der Waals surface area contributed by atoms with Crippen molar-refractivity contribution in [3.05, 3.63) is 24.2 Å². The van der Waals surface area contributed by atoms with Crippen LogP contribution in [0.25, 0.3) is 0 Å². The zero-order valence-electron chi connectivity index (χ0n) is 13.1. The Morgan fingerprint density at radius 2 is 2.00 bits per heavy atom. The number of nitrogens with zero attached hydrogens (tertiary/aromatic N) is 1. The first-order valence-corrected chi connectivity index (χ1v) is 7.44. The highest BCUT2D eigenvalue weighted by atomic mass is 127. The van der Waals surface area contributed by atoms with Gasteiger partial charge in [0.15, 0.2) is 5.96 Å². The molecule has 1 aromatic rings. The van der Waals surface area contributed by atoms with Crippen molar-refractivity contribution in [2.75, 3.05) is 19.6 Å². The van der Waals surface area contributed by atoms with Gasteiger partial charge in [0.05, 0.1) is 12.8 Å². The second-order valence-corrected chi connectivity index (χ2v) is 4.81. The first kappa shape index (κ1) is 20.2. The van der Waals surface area contributed by atoms with E-state index in [-0.39, 0.29) is 24.0 Å². The van der Waals surface area contributed by atoms with Crippen molar-refractivity contribution in [2.45, 2.75) is 39.7 Å². The fourth-order valence-electron chi connectivity index (χ4n) is 1.88. The van der Waals surface area contributed by atoms with Crippen LogP contribution in [0.15, 0.2) is 27.8 Å². The maximum Gasteiger partial charge on any atom is 0.191 e. The Bertz CT molecular complexity index is 378. The zero-order valence-corrected chi connectivity index (χ0v) is 15.5. The molecule has 6 heteroatoms. The molecular weight excluding hydrogens is 381 g/mol. The lowest BCUT2D eigenvalue weighted by Crippen LogP contribution is -2.39. The Hall–Kier alpha value is -0.760. The Kier molecular flexibility index (Phi) is 11.4. The Balaban J connectivity index is 0.00000400. The van der Waals surface area contributed by atoms with Crippen molar-refractivity contribution in [3.8, 4) is 0 Å². The number of furan rings is 1. The lowest BCUT2D eigenvalue weighted by Gasteiger charge is -2.15. The van der Waals surface area contributed by atoms with Crippen molar-refractivity contribution in [1.29, 1.82) is 0 Å². The minimum Gasteiger partial charge on any atom is -0.467 e. The molecule has 5 nitrogen and oxygen atoms in total. The fourth-order valence-corrected chi connectivity index (χ4v) is 1.88. The van der Waals surface area contributed by atoms with Crippen LogP contribution in [0.5, 0.6) is 0 Å². The van der Waals surface area contributed by atoms with Crippen molar-refractivity contribution in [1.82, 2.24) is 10.6 Å². The summed E-state index contributed by atoms with van der Waals surface area (Å²) in [6.45, 7) is 8.37. The van der Waals surface area contributed by atoms with Crippen LogP contribution in [-0.4, -0.2) is 30.7 Å². The molecule has 0 radical (unpaired) electrons. The highest BCUT2D eigenvalue weighted by Gasteiger charge is 2.11. The van der Waals surface area contributed by atoms with Crippen molar-refractivity contribution in [2.24, 2.45) is 10.9 Å². The molecule has 0 saturated carbocycles. The van der Waals surface area contributed by atoms with E-state index < -0.39 is 6.10 Å². The number of aliphatic hydroxyl groups excluding tert-OH is 1. The number of halogens is 1. The van der Waals surface area contributed by atoms with Gasteiger partial charge in [-0.15, -0.1) is 24.0 Å². The normalized spacial score (nSPS) is 12.9. The third-order valence-electron chi connectivity index (χ3n) is 3.34. The van der Waals surface area contributed by atoms with Gasteiger partial charge < -0.3 is 20.2 Å². The summed E-state index contributed by atoms with van der Waals surface area (Å²) in [5.74, 6) is 1.92. The van der Waals surface area contributed by atoms with Crippen LogP contribution in [0.2, 0.25) is 0 Å². The van der Waals surface area contributed by atoms with E-state index >= 15 is 0 Å². The van der Waals surface area contributed by atoms with E-state index in [1.165, 1.54) is 0 Å². The van der Waals surface area contributed by atoms with E-state index in [4.69, 9.17) is 4.42 Å². The number of guanidine groups is 1. The molecule has 0 saturated heterocycles. The summed E-state index contributed by atoms with van der Waals surface area (Å²) < 4.78 is 5.17. The van der Waals surface area contributed by atoms with Gasteiger partial charge in [0.1, 0.15) is 11.9 Å².